The molecule has 4 heteroatoms. The summed E-state index contributed by atoms with van der Waals surface area (Å²) in [4.78, 5) is 0. The lowest BCUT2D eigenvalue weighted by molar-refractivity contribution is 0.469. The molecule has 0 aromatic heterocycles. The van der Waals surface area contributed by atoms with Crippen molar-refractivity contribution in [2.75, 3.05) is 22.9 Å². The van der Waals surface area contributed by atoms with Crippen molar-refractivity contribution in [3.05, 3.63) is 261 Å². The Kier molecular flexibility index (Phi) is 24.6. The first-order valence-electron chi connectivity index (χ1n) is 31.2. The number of anilines is 4. The number of nitrogens with two attached hydrogens (primary N) is 4. The molecule has 81 heavy (non-hydrogen) atoms. The van der Waals surface area contributed by atoms with Crippen LogP contribution in [0.4, 0.5) is 22.7 Å². The Balaban J connectivity index is 0.000000234. The van der Waals surface area contributed by atoms with Gasteiger partial charge < -0.3 is 22.9 Å². The van der Waals surface area contributed by atoms with Crippen LogP contribution in [-0.2, 0) is 36.5 Å². The quantitative estimate of drug-likeness (QED) is 0.0257. The summed E-state index contributed by atoms with van der Waals surface area (Å²) in [6.07, 6.45) is 29.0. The maximum atomic E-state index is 5.88. The summed E-state index contributed by atoms with van der Waals surface area (Å²) in [5, 5.41) is 0. The molecule has 0 aliphatic heterocycles. The van der Waals surface area contributed by atoms with Crippen molar-refractivity contribution in [2.24, 2.45) is 0 Å². The first-order valence-corrected chi connectivity index (χ1v) is 31.2. The molecule has 0 aliphatic rings. The van der Waals surface area contributed by atoms with E-state index < -0.39 is 0 Å². The standard InChI is InChI=1S/C39H50N2.C38H48N2/c1-3-4-5-6-7-8-9-10-11-28-39(2,35-20-12-31(13-21-35)29-33-16-24-37(40)25-17-33)36-22-14-32(15-23-36)30-34-18-26-38(41)27-19-34;1-3-4-5-6-7-8-9-10-27-38(2,34-19-11-30(12-20-34)28-32-15-23-36(39)24-16-32)35-21-13-31(14-22-35)29-33-17-25-37(40)26-18-33/h12-27H,3-11,28-30,40-41H2,1-2H3;11-26H,3-10,27-29,39-40H2,1-2H3. The van der Waals surface area contributed by atoms with E-state index in [0.29, 0.717) is 0 Å². The SMILES string of the molecule is CCCCCCCCCCC(C)(c1ccc(Cc2ccc(N)cc2)cc1)c1ccc(Cc2ccc(N)cc2)cc1.CCCCCCCCCCCC(C)(c1ccc(Cc2ccc(N)cc2)cc1)c1ccc(Cc2ccc(N)cc2)cc1. The van der Waals surface area contributed by atoms with Crippen LogP contribution in [0.1, 0.15) is 216 Å². The first-order chi connectivity index (χ1) is 39.4. The highest BCUT2D eigenvalue weighted by Gasteiger charge is 2.30. The fourth-order valence-corrected chi connectivity index (χ4v) is 11.8. The van der Waals surface area contributed by atoms with E-state index in [2.05, 4.69) is 173 Å². The molecule has 8 rings (SSSR count). The van der Waals surface area contributed by atoms with Gasteiger partial charge in [-0.05, 0) is 154 Å². The summed E-state index contributed by atoms with van der Waals surface area (Å²) in [6, 6.07) is 70.3. The number of hydrogen-bond acceptors (Lipinski definition) is 4. The number of hydrogen-bond donors (Lipinski definition) is 4. The summed E-state index contributed by atoms with van der Waals surface area (Å²) in [5.74, 6) is 0. The Morgan fingerprint density at radius 2 is 0.383 bits per heavy atom. The highest BCUT2D eigenvalue weighted by Crippen LogP contribution is 2.40. The molecule has 0 fully saturated rings. The van der Waals surface area contributed by atoms with E-state index in [0.717, 1.165) is 61.3 Å². The van der Waals surface area contributed by atoms with Crippen molar-refractivity contribution in [1.29, 1.82) is 0 Å². The van der Waals surface area contributed by atoms with Crippen LogP contribution in [0.5, 0.6) is 0 Å². The lowest BCUT2D eigenvalue weighted by Crippen LogP contribution is -2.24. The molecule has 0 saturated carbocycles. The van der Waals surface area contributed by atoms with Crippen LogP contribution in [0.15, 0.2) is 194 Å². The number of benzene rings is 8. The molecule has 0 amide bonds. The van der Waals surface area contributed by atoms with E-state index in [1.54, 1.807) is 0 Å². The van der Waals surface area contributed by atoms with E-state index in [9.17, 15) is 0 Å². The van der Waals surface area contributed by atoms with Gasteiger partial charge in [0.1, 0.15) is 0 Å². The van der Waals surface area contributed by atoms with Crippen molar-refractivity contribution in [1.82, 2.24) is 0 Å². The van der Waals surface area contributed by atoms with Gasteiger partial charge in [0, 0.05) is 33.6 Å². The topological polar surface area (TPSA) is 104 Å². The molecule has 0 saturated heterocycles. The van der Waals surface area contributed by atoms with E-state index in [1.165, 1.54) is 176 Å². The van der Waals surface area contributed by atoms with Gasteiger partial charge in [0.25, 0.3) is 0 Å². The number of nitrogen functional groups attached to an aromatic ring is 4. The van der Waals surface area contributed by atoms with Crippen molar-refractivity contribution in [2.45, 2.75) is 186 Å². The monoisotopic (exact) mass is 1080 g/mol. The summed E-state index contributed by atoms with van der Waals surface area (Å²) in [6.45, 7) is 9.47. The number of unbranched alkanes of at least 4 members (excludes halogenated alkanes) is 15. The zero-order chi connectivity index (χ0) is 57.1. The van der Waals surface area contributed by atoms with Crippen LogP contribution >= 0.6 is 0 Å². The van der Waals surface area contributed by atoms with Crippen molar-refractivity contribution >= 4 is 22.7 Å². The fourth-order valence-electron chi connectivity index (χ4n) is 11.8. The van der Waals surface area contributed by atoms with E-state index >= 15 is 0 Å². The maximum absolute atomic E-state index is 5.88. The average Bonchev–Trinajstić information content (AvgIpc) is 3.69. The Hall–Kier alpha value is -7.04. The van der Waals surface area contributed by atoms with Gasteiger partial charge in [0.05, 0.1) is 0 Å². The van der Waals surface area contributed by atoms with Gasteiger partial charge in [0.2, 0.25) is 0 Å². The molecule has 0 bridgehead atoms. The normalized spacial score (nSPS) is 11.6. The molecule has 4 nitrogen and oxygen atoms in total. The molecule has 8 N–H and O–H groups in total. The Labute approximate surface area is 490 Å². The molecule has 426 valence electrons. The summed E-state index contributed by atoms with van der Waals surface area (Å²) < 4.78 is 0. The molecule has 8 aromatic rings. The van der Waals surface area contributed by atoms with Crippen molar-refractivity contribution < 1.29 is 0 Å². The molecule has 0 spiro atoms. The van der Waals surface area contributed by atoms with Crippen LogP contribution in [0, 0.1) is 0 Å². The minimum Gasteiger partial charge on any atom is -0.399 e. The van der Waals surface area contributed by atoms with Crippen LogP contribution in [0.2, 0.25) is 0 Å². The summed E-state index contributed by atoms with van der Waals surface area (Å²) in [7, 11) is 0. The Morgan fingerprint density at radius 3 is 0.568 bits per heavy atom. The molecular weight excluding hydrogens is 981 g/mol. The van der Waals surface area contributed by atoms with Crippen molar-refractivity contribution in [3.63, 3.8) is 0 Å². The lowest BCUT2D eigenvalue weighted by atomic mass is 9.72. The third-order valence-electron chi connectivity index (χ3n) is 17.2. The van der Waals surface area contributed by atoms with Gasteiger partial charge in [0.15, 0.2) is 0 Å². The average molecular weight is 1080 g/mol. The second-order valence-electron chi connectivity index (χ2n) is 23.9. The molecule has 0 unspecified atom stereocenters. The second kappa shape index (κ2) is 32.4. The summed E-state index contributed by atoms with van der Waals surface area (Å²) >= 11 is 0. The van der Waals surface area contributed by atoms with Gasteiger partial charge >= 0.3 is 0 Å². The second-order valence-corrected chi connectivity index (χ2v) is 23.9. The van der Waals surface area contributed by atoms with Gasteiger partial charge in [-0.25, -0.2) is 0 Å². The summed E-state index contributed by atoms with van der Waals surface area (Å²) in [5.41, 5.74) is 42.9. The Bertz CT molecular complexity index is 2790. The molecule has 0 atom stereocenters. The van der Waals surface area contributed by atoms with Gasteiger partial charge in [-0.3, -0.25) is 0 Å². The van der Waals surface area contributed by atoms with E-state index in [1.807, 2.05) is 48.5 Å². The third kappa shape index (κ3) is 19.9. The molecule has 0 aliphatic carbocycles. The molecular formula is C77H98N4. The highest BCUT2D eigenvalue weighted by molar-refractivity contribution is 5.47. The minimum absolute atomic E-state index is 0.0122. The Morgan fingerprint density at radius 1 is 0.222 bits per heavy atom. The lowest BCUT2D eigenvalue weighted by Gasteiger charge is -2.32. The van der Waals surface area contributed by atoms with Gasteiger partial charge in [-0.2, -0.15) is 0 Å². The predicted molar refractivity (Wildman–Crippen MR) is 352 cm³/mol. The molecule has 0 radical (unpaired) electrons. The predicted octanol–water partition coefficient (Wildman–Crippen LogP) is 20.1. The van der Waals surface area contributed by atoms with Gasteiger partial charge in [-0.15, -0.1) is 0 Å². The number of rotatable bonds is 31. The molecule has 8 aromatic carbocycles. The van der Waals surface area contributed by atoms with Crippen LogP contribution in [0.25, 0.3) is 0 Å². The zero-order valence-corrected chi connectivity index (χ0v) is 50.0. The molecule has 0 heterocycles. The fraction of sp³-hybridized carbons (Fsp3) is 0.377. The largest absolute Gasteiger partial charge is 0.399 e. The highest BCUT2D eigenvalue weighted by atomic mass is 14.5. The van der Waals surface area contributed by atoms with Crippen LogP contribution in [0.3, 0.4) is 0 Å². The van der Waals surface area contributed by atoms with Crippen molar-refractivity contribution in [3.8, 4) is 0 Å². The smallest absolute Gasteiger partial charge is 0.0314 e. The van der Waals surface area contributed by atoms with E-state index in [4.69, 9.17) is 22.9 Å². The zero-order valence-electron chi connectivity index (χ0n) is 50.0. The third-order valence-corrected chi connectivity index (χ3v) is 17.2. The van der Waals surface area contributed by atoms with Gasteiger partial charge in [-0.1, -0.05) is 282 Å². The maximum Gasteiger partial charge on any atom is 0.0314 e. The van der Waals surface area contributed by atoms with E-state index in [-0.39, 0.29) is 10.8 Å². The first kappa shape index (κ1) is 61.6. The minimum atomic E-state index is -0.0133. The van der Waals surface area contributed by atoms with Crippen LogP contribution < -0.4 is 22.9 Å². The van der Waals surface area contributed by atoms with Crippen LogP contribution in [-0.4, -0.2) is 0 Å².